The van der Waals surface area contributed by atoms with E-state index in [0.29, 0.717) is 5.13 Å². The third-order valence-electron chi connectivity index (χ3n) is 2.37. The molecule has 0 fully saturated rings. The molecular formula is C11H8ClN3S2. The maximum absolute atomic E-state index is 6.14. The Bertz CT molecular complexity index is 702. The van der Waals surface area contributed by atoms with E-state index in [0.717, 1.165) is 30.8 Å². The maximum Gasteiger partial charge on any atom is 0.180 e. The van der Waals surface area contributed by atoms with Gasteiger partial charge >= 0.3 is 0 Å². The van der Waals surface area contributed by atoms with Crippen LogP contribution in [0.25, 0.3) is 20.1 Å². The van der Waals surface area contributed by atoms with Crippen molar-refractivity contribution in [3.63, 3.8) is 0 Å². The maximum atomic E-state index is 6.14. The normalized spacial score (nSPS) is 11.2. The summed E-state index contributed by atoms with van der Waals surface area (Å²) in [5.74, 6) is 0. The largest absolute Gasteiger partial charge is 0.375 e. The number of nitrogens with zero attached hydrogens (tertiary/aromatic N) is 2. The Balaban J connectivity index is 2.25. The lowest BCUT2D eigenvalue weighted by Crippen LogP contribution is -1.80. The van der Waals surface area contributed by atoms with Crippen molar-refractivity contribution in [3.8, 4) is 9.88 Å². The van der Waals surface area contributed by atoms with Crippen molar-refractivity contribution < 1.29 is 0 Å². The summed E-state index contributed by atoms with van der Waals surface area (Å²) in [6.45, 7) is 1.94. The Morgan fingerprint density at radius 2 is 2.06 bits per heavy atom. The van der Waals surface area contributed by atoms with Gasteiger partial charge in [0, 0.05) is 0 Å². The SMILES string of the molecule is Cc1nc(N)sc1-c1nc2cccc(Cl)c2s1. The van der Waals surface area contributed by atoms with E-state index in [1.807, 2.05) is 25.1 Å². The van der Waals surface area contributed by atoms with Gasteiger partial charge in [0.2, 0.25) is 0 Å². The van der Waals surface area contributed by atoms with Crippen LogP contribution < -0.4 is 5.73 Å². The molecule has 0 spiro atoms. The fraction of sp³-hybridized carbons (Fsp3) is 0.0909. The number of aryl methyl sites for hydroxylation is 1. The highest BCUT2D eigenvalue weighted by Crippen LogP contribution is 2.38. The van der Waals surface area contributed by atoms with Gasteiger partial charge in [-0.2, -0.15) is 0 Å². The number of nitrogen functional groups attached to an aromatic ring is 1. The highest BCUT2D eigenvalue weighted by Gasteiger charge is 2.14. The zero-order chi connectivity index (χ0) is 12.0. The quantitative estimate of drug-likeness (QED) is 0.734. The lowest BCUT2D eigenvalue weighted by Gasteiger charge is -1.88. The van der Waals surface area contributed by atoms with E-state index >= 15 is 0 Å². The van der Waals surface area contributed by atoms with Crippen LogP contribution in [0, 0.1) is 6.92 Å². The van der Waals surface area contributed by atoms with E-state index in [4.69, 9.17) is 17.3 Å². The van der Waals surface area contributed by atoms with Crippen LogP contribution in [-0.4, -0.2) is 9.97 Å². The molecule has 0 saturated carbocycles. The van der Waals surface area contributed by atoms with E-state index in [2.05, 4.69) is 9.97 Å². The second-order valence-corrected chi connectivity index (χ2v) is 6.01. The summed E-state index contributed by atoms with van der Waals surface area (Å²) in [4.78, 5) is 9.80. The fourth-order valence-corrected chi connectivity index (χ4v) is 3.84. The van der Waals surface area contributed by atoms with Crippen LogP contribution in [0.15, 0.2) is 18.2 Å². The molecule has 0 radical (unpaired) electrons. The molecule has 0 unspecified atom stereocenters. The number of thiazole rings is 2. The summed E-state index contributed by atoms with van der Waals surface area (Å²) in [6, 6.07) is 5.74. The molecule has 0 atom stereocenters. The number of hydrogen-bond acceptors (Lipinski definition) is 5. The molecule has 17 heavy (non-hydrogen) atoms. The van der Waals surface area contributed by atoms with Crippen LogP contribution in [-0.2, 0) is 0 Å². The topological polar surface area (TPSA) is 51.8 Å². The summed E-state index contributed by atoms with van der Waals surface area (Å²) in [7, 11) is 0. The first kappa shape index (κ1) is 11.0. The van der Waals surface area contributed by atoms with Crippen molar-refractivity contribution in [2.24, 2.45) is 0 Å². The average molecular weight is 282 g/mol. The second-order valence-electron chi connectivity index (χ2n) is 3.57. The minimum atomic E-state index is 0.572. The third kappa shape index (κ3) is 1.80. The monoisotopic (exact) mass is 281 g/mol. The van der Waals surface area contributed by atoms with Gasteiger partial charge in [-0.25, -0.2) is 9.97 Å². The Hall–Kier alpha value is -1.17. The van der Waals surface area contributed by atoms with E-state index in [9.17, 15) is 0 Å². The number of aromatic nitrogens is 2. The molecule has 1 aromatic carbocycles. The Kier molecular flexibility index (Phi) is 2.54. The van der Waals surface area contributed by atoms with Gasteiger partial charge in [0.1, 0.15) is 5.01 Å². The van der Waals surface area contributed by atoms with Crippen molar-refractivity contribution in [2.45, 2.75) is 6.92 Å². The van der Waals surface area contributed by atoms with Crippen LogP contribution in [0.4, 0.5) is 5.13 Å². The molecule has 86 valence electrons. The molecule has 3 nitrogen and oxygen atoms in total. The van der Waals surface area contributed by atoms with Crippen molar-refractivity contribution in [1.29, 1.82) is 0 Å². The minimum Gasteiger partial charge on any atom is -0.375 e. The van der Waals surface area contributed by atoms with Gasteiger partial charge in [-0.05, 0) is 19.1 Å². The fourth-order valence-electron chi connectivity index (χ4n) is 1.63. The zero-order valence-electron chi connectivity index (χ0n) is 8.90. The van der Waals surface area contributed by atoms with Gasteiger partial charge in [-0.1, -0.05) is 29.0 Å². The van der Waals surface area contributed by atoms with Crippen molar-refractivity contribution in [3.05, 3.63) is 28.9 Å². The first-order valence-corrected chi connectivity index (χ1v) is 6.94. The zero-order valence-corrected chi connectivity index (χ0v) is 11.3. The molecule has 0 aliphatic carbocycles. The Morgan fingerprint density at radius 1 is 1.24 bits per heavy atom. The summed E-state index contributed by atoms with van der Waals surface area (Å²) in [6.07, 6.45) is 0. The molecule has 0 aliphatic heterocycles. The molecule has 2 N–H and O–H groups in total. The van der Waals surface area contributed by atoms with Gasteiger partial charge < -0.3 is 5.73 Å². The number of hydrogen-bond donors (Lipinski definition) is 1. The molecule has 0 saturated heterocycles. The van der Waals surface area contributed by atoms with E-state index in [1.165, 1.54) is 11.3 Å². The number of nitrogens with two attached hydrogens (primary N) is 1. The smallest absolute Gasteiger partial charge is 0.180 e. The standard InChI is InChI=1S/C11H8ClN3S2/c1-5-8(17-11(13)14-5)10-15-7-4-2-3-6(12)9(7)16-10/h2-4H,1H3,(H2,13,14). The number of anilines is 1. The first-order valence-electron chi connectivity index (χ1n) is 4.93. The van der Waals surface area contributed by atoms with Crippen molar-refractivity contribution in [1.82, 2.24) is 9.97 Å². The highest BCUT2D eigenvalue weighted by atomic mass is 35.5. The lowest BCUT2D eigenvalue weighted by molar-refractivity contribution is 1.27. The number of rotatable bonds is 1. The van der Waals surface area contributed by atoms with Gasteiger partial charge in [0.25, 0.3) is 0 Å². The number of halogens is 1. The average Bonchev–Trinajstić information content (AvgIpc) is 2.82. The van der Waals surface area contributed by atoms with Gasteiger partial charge in [-0.15, -0.1) is 11.3 Å². The molecule has 0 aliphatic rings. The molecule has 2 aromatic heterocycles. The molecule has 3 aromatic rings. The minimum absolute atomic E-state index is 0.572. The van der Waals surface area contributed by atoms with Crippen LogP contribution in [0.3, 0.4) is 0 Å². The molecule has 2 heterocycles. The molecule has 6 heteroatoms. The molecule has 0 amide bonds. The van der Waals surface area contributed by atoms with Crippen LogP contribution in [0.5, 0.6) is 0 Å². The molecule has 0 bridgehead atoms. The van der Waals surface area contributed by atoms with E-state index in [1.54, 1.807) is 11.3 Å². The predicted octanol–water partition coefficient (Wildman–Crippen LogP) is 3.96. The summed E-state index contributed by atoms with van der Waals surface area (Å²) < 4.78 is 1.01. The summed E-state index contributed by atoms with van der Waals surface area (Å²) in [5, 5.41) is 2.24. The lowest BCUT2D eigenvalue weighted by atomic mass is 10.3. The third-order valence-corrected chi connectivity index (χ3v) is 5.05. The van der Waals surface area contributed by atoms with E-state index < -0.39 is 0 Å². The summed E-state index contributed by atoms with van der Waals surface area (Å²) in [5.41, 5.74) is 7.54. The molecular weight excluding hydrogens is 274 g/mol. The number of fused-ring (bicyclic) bond motifs is 1. The highest BCUT2D eigenvalue weighted by molar-refractivity contribution is 7.27. The van der Waals surface area contributed by atoms with Gasteiger partial charge in [0.15, 0.2) is 5.13 Å². The first-order chi connectivity index (χ1) is 8.15. The van der Waals surface area contributed by atoms with Crippen LogP contribution in [0.1, 0.15) is 5.69 Å². The molecule has 3 rings (SSSR count). The van der Waals surface area contributed by atoms with Crippen LogP contribution >= 0.6 is 34.3 Å². The Labute approximate surface area is 111 Å². The van der Waals surface area contributed by atoms with E-state index in [-0.39, 0.29) is 0 Å². The van der Waals surface area contributed by atoms with Gasteiger partial charge in [-0.3, -0.25) is 0 Å². The van der Waals surface area contributed by atoms with Crippen LogP contribution in [0.2, 0.25) is 5.02 Å². The number of benzene rings is 1. The second kappa shape index (κ2) is 3.94. The van der Waals surface area contributed by atoms with Gasteiger partial charge in [0.05, 0.1) is 25.8 Å². The Morgan fingerprint density at radius 3 is 2.71 bits per heavy atom. The van der Waals surface area contributed by atoms with Crippen molar-refractivity contribution >= 4 is 49.6 Å². The summed E-state index contributed by atoms with van der Waals surface area (Å²) >= 11 is 9.17. The predicted molar refractivity (Wildman–Crippen MR) is 74.9 cm³/mol. The van der Waals surface area contributed by atoms with Crippen molar-refractivity contribution in [2.75, 3.05) is 5.73 Å².